The number of nitrogens with one attached hydrogen (secondary N) is 2. The zero-order chi connectivity index (χ0) is 24.9. The second kappa shape index (κ2) is 10.9. The molecular formula is C30H33N3O3. The number of carbonyl (C=O) groups excluding carboxylic acids is 2. The minimum Gasteiger partial charge on any atom is -0.496 e. The van der Waals surface area contributed by atoms with Crippen LogP contribution >= 0.6 is 0 Å². The third-order valence-electron chi connectivity index (χ3n) is 7.35. The van der Waals surface area contributed by atoms with Crippen molar-refractivity contribution in [1.29, 1.82) is 0 Å². The number of rotatable bonds is 6. The van der Waals surface area contributed by atoms with E-state index in [1.807, 2.05) is 42.5 Å². The summed E-state index contributed by atoms with van der Waals surface area (Å²) in [6, 6.07) is 23.7. The van der Waals surface area contributed by atoms with Crippen LogP contribution in [0.25, 0.3) is 0 Å². The molecule has 1 saturated heterocycles. The van der Waals surface area contributed by atoms with Crippen molar-refractivity contribution in [1.82, 2.24) is 10.6 Å². The Morgan fingerprint density at radius 3 is 2.28 bits per heavy atom. The molecule has 2 N–H and O–H groups in total. The molecule has 6 nitrogen and oxygen atoms in total. The summed E-state index contributed by atoms with van der Waals surface area (Å²) in [7, 11) is 1.57. The van der Waals surface area contributed by atoms with Crippen LogP contribution in [0, 0.1) is 0 Å². The van der Waals surface area contributed by atoms with Crippen LogP contribution in [0.15, 0.2) is 72.8 Å². The third-order valence-corrected chi connectivity index (χ3v) is 7.35. The highest BCUT2D eigenvalue weighted by atomic mass is 16.5. The van der Waals surface area contributed by atoms with E-state index in [-0.39, 0.29) is 23.9 Å². The van der Waals surface area contributed by atoms with Crippen LogP contribution in [0.1, 0.15) is 63.6 Å². The fourth-order valence-corrected chi connectivity index (χ4v) is 5.44. The van der Waals surface area contributed by atoms with Gasteiger partial charge in [-0.2, -0.15) is 0 Å². The maximum atomic E-state index is 13.4. The normalized spacial score (nSPS) is 17.7. The molecule has 1 aliphatic carbocycles. The van der Waals surface area contributed by atoms with Gasteiger partial charge in [0, 0.05) is 24.8 Å². The van der Waals surface area contributed by atoms with Crippen molar-refractivity contribution < 1.29 is 14.3 Å². The predicted molar refractivity (Wildman–Crippen MR) is 142 cm³/mol. The number of para-hydroxylation sites is 2. The monoisotopic (exact) mass is 483 g/mol. The number of hydrogen-bond donors (Lipinski definition) is 2. The Kier molecular flexibility index (Phi) is 7.21. The molecule has 0 aromatic heterocycles. The lowest BCUT2D eigenvalue weighted by Gasteiger charge is -2.35. The molecule has 5 rings (SSSR count). The van der Waals surface area contributed by atoms with Gasteiger partial charge in [0.1, 0.15) is 5.75 Å². The van der Waals surface area contributed by atoms with Gasteiger partial charge in [0.15, 0.2) is 0 Å². The summed E-state index contributed by atoms with van der Waals surface area (Å²) in [6.45, 7) is 1.54. The smallest absolute Gasteiger partial charge is 0.255 e. The van der Waals surface area contributed by atoms with Crippen molar-refractivity contribution in [3.05, 3.63) is 95.1 Å². The molecule has 36 heavy (non-hydrogen) atoms. The molecule has 1 heterocycles. The number of piperidine rings is 1. The zero-order valence-corrected chi connectivity index (χ0v) is 20.7. The molecule has 1 aliphatic heterocycles. The molecule has 2 aliphatic rings. The number of carbonyl (C=O) groups is 2. The number of ether oxygens (including phenoxy) is 1. The number of methoxy groups -OCH3 is 1. The third kappa shape index (κ3) is 5.08. The van der Waals surface area contributed by atoms with Crippen molar-refractivity contribution in [3.63, 3.8) is 0 Å². The largest absolute Gasteiger partial charge is 0.496 e. The van der Waals surface area contributed by atoms with Crippen LogP contribution in [0.3, 0.4) is 0 Å². The molecule has 0 spiro atoms. The summed E-state index contributed by atoms with van der Waals surface area (Å²) >= 11 is 0. The van der Waals surface area contributed by atoms with Gasteiger partial charge in [-0.3, -0.25) is 9.59 Å². The van der Waals surface area contributed by atoms with Crippen LogP contribution in [0.5, 0.6) is 5.75 Å². The molecule has 6 heteroatoms. The second-order valence-electron chi connectivity index (χ2n) is 9.57. The van der Waals surface area contributed by atoms with Crippen molar-refractivity contribution in [2.75, 3.05) is 25.1 Å². The highest BCUT2D eigenvalue weighted by molar-refractivity contribution is 6.00. The van der Waals surface area contributed by atoms with Crippen molar-refractivity contribution in [2.24, 2.45) is 0 Å². The van der Waals surface area contributed by atoms with Gasteiger partial charge in [-0.05, 0) is 67.5 Å². The van der Waals surface area contributed by atoms with Crippen molar-refractivity contribution >= 4 is 17.5 Å². The predicted octanol–water partition coefficient (Wildman–Crippen LogP) is 4.90. The van der Waals surface area contributed by atoms with Crippen LogP contribution in [-0.2, 0) is 6.42 Å². The lowest BCUT2D eigenvalue weighted by Crippen LogP contribution is -2.45. The van der Waals surface area contributed by atoms with E-state index in [2.05, 4.69) is 33.7 Å². The van der Waals surface area contributed by atoms with Gasteiger partial charge in [0.2, 0.25) is 0 Å². The Morgan fingerprint density at radius 2 is 1.47 bits per heavy atom. The van der Waals surface area contributed by atoms with Gasteiger partial charge in [0.25, 0.3) is 11.8 Å². The summed E-state index contributed by atoms with van der Waals surface area (Å²) in [5.41, 5.74) is 4.78. The first-order chi connectivity index (χ1) is 17.6. The number of fused-ring (bicyclic) bond motifs is 1. The summed E-state index contributed by atoms with van der Waals surface area (Å²) in [6.07, 6.45) is 4.74. The quantitative estimate of drug-likeness (QED) is 0.523. The summed E-state index contributed by atoms with van der Waals surface area (Å²) in [5, 5.41) is 6.46. The van der Waals surface area contributed by atoms with Gasteiger partial charge in [-0.1, -0.05) is 48.5 Å². The summed E-state index contributed by atoms with van der Waals surface area (Å²) in [5.74, 6) is 0.435. The fraction of sp³-hybridized carbons (Fsp3) is 0.333. The van der Waals surface area contributed by atoms with Gasteiger partial charge in [0.05, 0.1) is 24.3 Å². The van der Waals surface area contributed by atoms with Crippen LogP contribution in [0.4, 0.5) is 5.69 Å². The van der Waals surface area contributed by atoms with Gasteiger partial charge in [-0.15, -0.1) is 0 Å². The van der Waals surface area contributed by atoms with Crippen molar-refractivity contribution in [2.45, 2.75) is 44.2 Å². The SMILES string of the molecule is COc1ccccc1C(=O)NC1CCN(c2ccccc2C(=O)NC2CCCc3ccccc32)CC1. The average Bonchev–Trinajstić information content (AvgIpc) is 2.93. The number of aryl methyl sites for hydroxylation is 1. The molecule has 186 valence electrons. The second-order valence-corrected chi connectivity index (χ2v) is 9.57. The first-order valence-electron chi connectivity index (χ1n) is 12.8. The Hall–Kier alpha value is -3.80. The number of hydrogen-bond acceptors (Lipinski definition) is 4. The molecule has 1 unspecified atom stereocenters. The van der Waals surface area contributed by atoms with E-state index in [4.69, 9.17) is 4.74 Å². The van der Waals surface area contributed by atoms with E-state index in [1.54, 1.807) is 19.2 Å². The number of nitrogens with zero attached hydrogens (tertiary/aromatic N) is 1. The van der Waals surface area contributed by atoms with Crippen LogP contribution in [0.2, 0.25) is 0 Å². The maximum absolute atomic E-state index is 13.4. The zero-order valence-electron chi connectivity index (χ0n) is 20.7. The van der Waals surface area contributed by atoms with E-state index in [0.717, 1.165) is 50.9 Å². The van der Waals surface area contributed by atoms with E-state index in [9.17, 15) is 9.59 Å². The molecule has 1 fully saturated rings. The lowest BCUT2D eigenvalue weighted by molar-refractivity contribution is 0.0924. The summed E-state index contributed by atoms with van der Waals surface area (Å²) in [4.78, 5) is 28.5. The van der Waals surface area contributed by atoms with Gasteiger partial charge < -0.3 is 20.3 Å². The van der Waals surface area contributed by atoms with Crippen molar-refractivity contribution in [3.8, 4) is 5.75 Å². The van der Waals surface area contributed by atoms with Crippen LogP contribution in [-0.4, -0.2) is 38.1 Å². The molecule has 0 radical (unpaired) electrons. The first kappa shape index (κ1) is 23.9. The van der Waals surface area contributed by atoms with Crippen LogP contribution < -0.4 is 20.3 Å². The molecule has 0 saturated carbocycles. The minimum atomic E-state index is -0.113. The molecule has 3 aromatic carbocycles. The number of benzene rings is 3. The van der Waals surface area contributed by atoms with Gasteiger partial charge >= 0.3 is 0 Å². The molecule has 1 atom stereocenters. The first-order valence-corrected chi connectivity index (χ1v) is 12.8. The lowest BCUT2D eigenvalue weighted by atomic mass is 9.87. The molecule has 0 bridgehead atoms. The summed E-state index contributed by atoms with van der Waals surface area (Å²) < 4.78 is 5.33. The topological polar surface area (TPSA) is 70.7 Å². The molecule has 2 amide bonds. The van der Waals surface area contributed by atoms with E-state index < -0.39 is 0 Å². The molecule has 3 aromatic rings. The Labute approximate surface area is 212 Å². The standard InChI is InChI=1S/C30H33N3O3/c1-36-28-16-7-5-13-25(28)30(35)31-22-17-19-33(20-18-22)27-15-6-4-12-24(27)29(34)32-26-14-8-10-21-9-2-3-11-23(21)26/h2-7,9,11-13,15-16,22,26H,8,10,14,17-20H2,1H3,(H,31,35)(H,32,34). The average molecular weight is 484 g/mol. The Morgan fingerprint density at radius 1 is 0.806 bits per heavy atom. The minimum absolute atomic E-state index is 0.0288. The maximum Gasteiger partial charge on any atom is 0.255 e. The fourth-order valence-electron chi connectivity index (χ4n) is 5.44. The van der Waals surface area contributed by atoms with E-state index >= 15 is 0 Å². The Balaban J connectivity index is 1.23. The highest BCUT2D eigenvalue weighted by Gasteiger charge is 2.27. The molecular weight excluding hydrogens is 450 g/mol. The highest BCUT2D eigenvalue weighted by Crippen LogP contribution is 2.31. The van der Waals surface area contributed by atoms with Gasteiger partial charge in [-0.25, -0.2) is 0 Å². The number of amides is 2. The van der Waals surface area contributed by atoms with E-state index in [1.165, 1.54) is 11.1 Å². The van der Waals surface area contributed by atoms with E-state index in [0.29, 0.717) is 16.9 Å². The Bertz CT molecular complexity index is 1230. The number of anilines is 1.